The summed E-state index contributed by atoms with van der Waals surface area (Å²) in [5, 5.41) is 0. The van der Waals surface area contributed by atoms with Gasteiger partial charge in [-0.1, -0.05) is 6.07 Å². The number of hydrogen-bond donors (Lipinski definition) is 1. The topological polar surface area (TPSA) is 35.2 Å². The van der Waals surface area contributed by atoms with E-state index in [0.717, 1.165) is 0 Å². The molecule has 0 amide bonds. The van der Waals surface area contributed by atoms with Crippen molar-refractivity contribution < 1.29 is 17.9 Å². The highest BCUT2D eigenvalue weighted by atomic mass is 19.4. The molecule has 0 aromatic heterocycles. The molecule has 0 bridgehead atoms. The molecule has 1 rings (SSSR count). The monoisotopic (exact) mass is 233 g/mol. The van der Waals surface area contributed by atoms with Crippen LogP contribution >= 0.6 is 0 Å². The third kappa shape index (κ3) is 2.29. The van der Waals surface area contributed by atoms with Crippen LogP contribution in [-0.4, -0.2) is 13.3 Å². The van der Waals surface area contributed by atoms with Crippen molar-refractivity contribution in [1.82, 2.24) is 0 Å². The Labute approximate surface area is 92.2 Å². The Morgan fingerprint density at radius 2 is 1.75 bits per heavy atom. The summed E-state index contributed by atoms with van der Waals surface area (Å²) >= 11 is 0. The highest BCUT2D eigenvalue weighted by Crippen LogP contribution is 2.35. The van der Waals surface area contributed by atoms with E-state index in [1.807, 2.05) is 0 Å². The lowest BCUT2D eigenvalue weighted by molar-refractivity contribution is -0.149. The van der Waals surface area contributed by atoms with E-state index in [9.17, 15) is 13.2 Å². The summed E-state index contributed by atoms with van der Waals surface area (Å²) in [6, 6.07) is 0.917. The quantitative estimate of drug-likeness (QED) is 0.852. The molecule has 0 heterocycles. The molecule has 5 heteroatoms. The van der Waals surface area contributed by atoms with Crippen molar-refractivity contribution in [2.45, 2.75) is 26.1 Å². The lowest BCUT2D eigenvalue weighted by atomic mass is 9.97. The molecule has 0 saturated heterocycles. The Bertz CT molecular complexity index is 388. The van der Waals surface area contributed by atoms with E-state index in [-0.39, 0.29) is 5.56 Å². The van der Waals surface area contributed by atoms with Gasteiger partial charge >= 0.3 is 6.18 Å². The highest BCUT2D eigenvalue weighted by molar-refractivity contribution is 5.45. The summed E-state index contributed by atoms with van der Waals surface area (Å²) in [6.45, 7) is 3.32. The first-order valence-corrected chi connectivity index (χ1v) is 4.75. The van der Waals surface area contributed by atoms with E-state index in [4.69, 9.17) is 10.5 Å². The maximum absolute atomic E-state index is 12.5. The summed E-state index contributed by atoms with van der Waals surface area (Å²) in [5.74, 6) is 0.565. The predicted molar refractivity (Wildman–Crippen MR) is 55.5 cm³/mol. The Morgan fingerprint density at radius 3 is 2.19 bits per heavy atom. The molecule has 1 aromatic rings. The molecule has 0 aliphatic heterocycles. The molecule has 1 atom stereocenters. The summed E-state index contributed by atoms with van der Waals surface area (Å²) in [4.78, 5) is 0. The van der Waals surface area contributed by atoms with Crippen LogP contribution in [0, 0.1) is 13.8 Å². The summed E-state index contributed by atoms with van der Waals surface area (Å²) in [5.41, 5.74) is 6.45. The van der Waals surface area contributed by atoms with Crippen molar-refractivity contribution in [2.75, 3.05) is 7.11 Å². The molecule has 0 aliphatic rings. The van der Waals surface area contributed by atoms with Crippen molar-refractivity contribution in [2.24, 2.45) is 5.73 Å². The van der Waals surface area contributed by atoms with E-state index in [0.29, 0.717) is 16.9 Å². The minimum Gasteiger partial charge on any atom is -0.496 e. The number of alkyl halides is 3. The van der Waals surface area contributed by atoms with E-state index >= 15 is 0 Å². The van der Waals surface area contributed by atoms with Gasteiger partial charge in [0.1, 0.15) is 11.8 Å². The van der Waals surface area contributed by atoms with Gasteiger partial charge in [0.15, 0.2) is 0 Å². The van der Waals surface area contributed by atoms with Gasteiger partial charge in [-0.2, -0.15) is 13.2 Å². The van der Waals surface area contributed by atoms with E-state index in [2.05, 4.69) is 0 Å². The lowest BCUT2D eigenvalue weighted by Crippen LogP contribution is -2.29. The molecule has 0 unspecified atom stereocenters. The molecule has 0 fully saturated rings. The molecule has 0 aliphatic carbocycles. The van der Waals surface area contributed by atoms with Gasteiger partial charge in [0.05, 0.1) is 7.11 Å². The number of ether oxygens (including phenoxy) is 1. The van der Waals surface area contributed by atoms with Crippen molar-refractivity contribution >= 4 is 0 Å². The molecule has 0 radical (unpaired) electrons. The Balaban J connectivity index is 3.22. The van der Waals surface area contributed by atoms with Gasteiger partial charge in [0.25, 0.3) is 0 Å². The minimum atomic E-state index is -4.42. The van der Waals surface area contributed by atoms with Crippen LogP contribution in [0.3, 0.4) is 0 Å². The van der Waals surface area contributed by atoms with Crippen LogP contribution in [0.25, 0.3) is 0 Å². The largest absolute Gasteiger partial charge is 0.496 e. The smallest absolute Gasteiger partial charge is 0.407 e. The molecule has 0 saturated carbocycles. The summed E-state index contributed by atoms with van der Waals surface area (Å²) in [6.07, 6.45) is -4.42. The van der Waals surface area contributed by atoms with E-state index in [1.54, 1.807) is 13.8 Å². The van der Waals surface area contributed by atoms with Crippen LogP contribution < -0.4 is 10.5 Å². The first-order chi connectivity index (χ1) is 7.29. The fourth-order valence-corrected chi connectivity index (χ4v) is 1.55. The second-order valence-corrected chi connectivity index (χ2v) is 3.63. The number of halogens is 3. The first-order valence-electron chi connectivity index (χ1n) is 4.75. The third-order valence-corrected chi connectivity index (χ3v) is 2.69. The summed E-state index contributed by atoms with van der Waals surface area (Å²) < 4.78 is 42.4. The molecule has 2 nitrogen and oxygen atoms in total. The number of hydrogen-bond acceptors (Lipinski definition) is 2. The Hall–Kier alpha value is -1.23. The molecule has 2 N–H and O–H groups in total. The van der Waals surface area contributed by atoms with Gasteiger partial charge in [0, 0.05) is 0 Å². The average Bonchev–Trinajstić information content (AvgIpc) is 2.20. The number of methoxy groups -OCH3 is 1. The average molecular weight is 233 g/mol. The number of rotatable bonds is 2. The van der Waals surface area contributed by atoms with E-state index < -0.39 is 12.2 Å². The lowest BCUT2D eigenvalue weighted by Gasteiger charge is -2.20. The maximum atomic E-state index is 12.5. The fraction of sp³-hybridized carbons (Fsp3) is 0.455. The zero-order valence-corrected chi connectivity index (χ0v) is 9.35. The van der Waals surface area contributed by atoms with Gasteiger partial charge < -0.3 is 10.5 Å². The van der Waals surface area contributed by atoms with Crippen LogP contribution in [0.1, 0.15) is 22.7 Å². The molecule has 0 spiro atoms. The van der Waals surface area contributed by atoms with Crippen molar-refractivity contribution in [3.05, 3.63) is 28.8 Å². The van der Waals surface area contributed by atoms with E-state index in [1.165, 1.54) is 19.2 Å². The summed E-state index contributed by atoms with van der Waals surface area (Å²) in [7, 11) is 1.48. The maximum Gasteiger partial charge on any atom is 0.407 e. The fourth-order valence-electron chi connectivity index (χ4n) is 1.55. The van der Waals surface area contributed by atoms with Crippen LogP contribution in [-0.2, 0) is 0 Å². The molecule has 1 aromatic carbocycles. The van der Waals surface area contributed by atoms with Gasteiger partial charge in [-0.25, -0.2) is 0 Å². The number of benzene rings is 1. The van der Waals surface area contributed by atoms with Crippen molar-refractivity contribution in [1.29, 1.82) is 0 Å². The molecular weight excluding hydrogens is 219 g/mol. The van der Waals surface area contributed by atoms with Crippen LogP contribution in [0.4, 0.5) is 13.2 Å². The van der Waals surface area contributed by atoms with Crippen LogP contribution in [0.15, 0.2) is 12.1 Å². The third-order valence-electron chi connectivity index (χ3n) is 2.69. The SMILES string of the molecule is COc1ccc([C@@H](N)C(F)(F)F)c(C)c1C. The zero-order chi connectivity index (χ0) is 12.5. The standard InChI is InChI=1S/C11H14F3NO/c1-6-7(2)9(16-3)5-4-8(6)10(15)11(12,13)14/h4-5,10H,15H2,1-3H3/t10-/m1/s1. The minimum absolute atomic E-state index is 0.0887. The Morgan fingerprint density at radius 1 is 1.19 bits per heavy atom. The molecular formula is C11H14F3NO. The number of nitrogens with two attached hydrogens (primary N) is 1. The van der Waals surface area contributed by atoms with Crippen molar-refractivity contribution in [3.63, 3.8) is 0 Å². The van der Waals surface area contributed by atoms with Gasteiger partial charge in [0.2, 0.25) is 0 Å². The van der Waals surface area contributed by atoms with Gasteiger partial charge in [-0.15, -0.1) is 0 Å². The van der Waals surface area contributed by atoms with Gasteiger partial charge in [-0.3, -0.25) is 0 Å². The van der Waals surface area contributed by atoms with Crippen LogP contribution in [0.5, 0.6) is 5.75 Å². The highest BCUT2D eigenvalue weighted by Gasteiger charge is 2.38. The van der Waals surface area contributed by atoms with Gasteiger partial charge in [-0.05, 0) is 36.6 Å². The second-order valence-electron chi connectivity index (χ2n) is 3.63. The molecule has 90 valence electrons. The predicted octanol–water partition coefficient (Wildman–Crippen LogP) is 2.87. The Kier molecular flexibility index (Phi) is 3.48. The zero-order valence-electron chi connectivity index (χ0n) is 9.35. The van der Waals surface area contributed by atoms with Crippen LogP contribution in [0.2, 0.25) is 0 Å². The first kappa shape index (κ1) is 12.8. The van der Waals surface area contributed by atoms with Crippen molar-refractivity contribution in [3.8, 4) is 5.75 Å². The second kappa shape index (κ2) is 4.33. The normalized spacial score (nSPS) is 13.7. The molecule has 16 heavy (non-hydrogen) atoms.